The van der Waals surface area contributed by atoms with Crippen molar-refractivity contribution < 1.29 is 18.7 Å². The van der Waals surface area contributed by atoms with Gasteiger partial charge >= 0.3 is 5.97 Å². The molecule has 1 amide bonds. The number of fused-ring (bicyclic) bond motifs is 1. The number of nitrogens with one attached hydrogen (secondary N) is 1. The number of esters is 1. The number of rotatable bonds is 4. The third kappa shape index (κ3) is 3.89. The first-order valence-electron chi connectivity index (χ1n) is 9.05. The molecule has 1 saturated heterocycles. The van der Waals surface area contributed by atoms with Gasteiger partial charge in [-0.2, -0.15) is 0 Å². The number of ether oxygens (including phenoxy) is 1. The minimum atomic E-state index is -0.438. The highest BCUT2D eigenvalue weighted by Crippen LogP contribution is 2.29. The van der Waals surface area contributed by atoms with Crippen molar-refractivity contribution in [3.8, 4) is 5.75 Å². The second-order valence-corrected chi connectivity index (χ2v) is 7.20. The minimum absolute atomic E-state index is 0.00529. The monoisotopic (exact) mass is 403 g/mol. The zero-order valence-corrected chi connectivity index (χ0v) is 15.8. The van der Waals surface area contributed by atoms with Gasteiger partial charge < -0.3 is 19.9 Å². The predicted octanol–water partition coefficient (Wildman–Crippen LogP) is 2.70. The van der Waals surface area contributed by atoms with E-state index in [9.17, 15) is 14.0 Å². The fraction of sp³-hybridized carbons (Fsp3) is 0.300. The van der Waals surface area contributed by atoms with Crippen LogP contribution in [0.15, 0.2) is 36.4 Å². The van der Waals surface area contributed by atoms with Gasteiger partial charge in [0.15, 0.2) is 0 Å². The third-order valence-electron chi connectivity index (χ3n) is 4.97. The largest absolute Gasteiger partial charge is 0.426 e. The Balaban J connectivity index is 1.29. The maximum Gasteiger partial charge on any atom is 0.315 e. The van der Waals surface area contributed by atoms with Crippen molar-refractivity contribution in [1.29, 1.82) is 0 Å². The zero-order chi connectivity index (χ0) is 19.7. The van der Waals surface area contributed by atoms with Crippen LogP contribution in [0.25, 0.3) is 0 Å². The van der Waals surface area contributed by atoms with Gasteiger partial charge in [-0.05, 0) is 24.3 Å². The van der Waals surface area contributed by atoms with Crippen LogP contribution in [0.5, 0.6) is 5.75 Å². The fourth-order valence-corrected chi connectivity index (χ4v) is 3.58. The number of halogens is 2. The number of hydrogen-bond donors (Lipinski definition) is 1. The first-order valence-corrected chi connectivity index (χ1v) is 9.42. The summed E-state index contributed by atoms with van der Waals surface area (Å²) < 4.78 is 18.4. The number of hydrogen-bond acceptors (Lipinski definition) is 5. The summed E-state index contributed by atoms with van der Waals surface area (Å²) in [5, 5.41) is 3.19. The predicted molar refractivity (Wildman–Crippen MR) is 104 cm³/mol. The number of nitrogens with zero attached hydrogens (tertiary/aromatic N) is 2. The molecule has 1 fully saturated rings. The van der Waals surface area contributed by atoms with E-state index in [2.05, 4.69) is 10.2 Å². The van der Waals surface area contributed by atoms with E-state index < -0.39 is 5.82 Å². The molecule has 2 aliphatic heterocycles. The van der Waals surface area contributed by atoms with Crippen molar-refractivity contribution in [2.24, 2.45) is 0 Å². The van der Waals surface area contributed by atoms with Gasteiger partial charge in [0.25, 0.3) is 0 Å². The molecule has 28 heavy (non-hydrogen) atoms. The molecule has 0 bridgehead atoms. The quantitative estimate of drug-likeness (QED) is 0.628. The van der Waals surface area contributed by atoms with Crippen molar-refractivity contribution in [2.75, 3.05) is 42.9 Å². The molecule has 0 aliphatic carbocycles. The standard InChI is InChI=1S/C20H19ClFN3O3/c21-16-11-15(3-4-17(16)22)24-5-7-25(8-6-24)19(26)12-23-14-2-1-13-9-20(27)28-18(13)10-14/h1-4,10-11,23H,5-9,12H2. The molecular formula is C20H19ClFN3O3. The number of anilines is 2. The van der Waals surface area contributed by atoms with Crippen LogP contribution in [0.4, 0.5) is 15.8 Å². The molecule has 8 heteroatoms. The van der Waals surface area contributed by atoms with Crippen molar-refractivity contribution >= 4 is 34.9 Å². The molecule has 0 radical (unpaired) electrons. The second kappa shape index (κ2) is 7.67. The maximum absolute atomic E-state index is 13.3. The average Bonchev–Trinajstić information content (AvgIpc) is 3.07. The summed E-state index contributed by atoms with van der Waals surface area (Å²) in [5.74, 6) is -0.154. The summed E-state index contributed by atoms with van der Waals surface area (Å²) >= 11 is 5.85. The summed E-state index contributed by atoms with van der Waals surface area (Å²) in [6.45, 7) is 2.63. The van der Waals surface area contributed by atoms with Crippen molar-refractivity contribution in [3.05, 3.63) is 52.8 Å². The topological polar surface area (TPSA) is 61.9 Å². The number of carbonyl (C=O) groups excluding carboxylic acids is 2. The van der Waals surface area contributed by atoms with Crippen LogP contribution in [-0.2, 0) is 16.0 Å². The fourth-order valence-electron chi connectivity index (χ4n) is 3.41. The Bertz CT molecular complexity index is 929. The lowest BCUT2D eigenvalue weighted by Crippen LogP contribution is -2.50. The molecule has 1 N–H and O–H groups in total. The van der Waals surface area contributed by atoms with E-state index in [1.54, 1.807) is 23.1 Å². The van der Waals surface area contributed by atoms with E-state index in [4.69, 9.17) is 16.3 Å². The summed E-state index contributed by atoms with van der Waals surface area (Å²) in [6.07, 6.45) is 0.290. The van der Waals surface area contributed by atoms with Crippen LogP contribution in [0.1, 0.15) is 5.56 Å². The zero-order valence-electron chi connectivity index (χ0n) is 15.1. The lowest BCUT2D eigenvalue weighted by atomic mass is 10.1. The van der Waals surface area contributed by atoms with Gasteiger partial charge in [-0.3, -0.25) is 9.59 Å². The molecule has 4 rings (SSSR count). The molecule has 6 nitrogen and oxygen atoms in total. The molecule has 2 aliphatic rings. The van der Waals surface area contributed by atoms with Gasteiger partial charge in [0.1, 0.15) is 11.6 Å². The number of carbonyl (C=O) groups is 2. The first kappa shape index (κ1) is 18.6. The van der Waals surface area contributed by atoms with E-state index in [1.165, 1.54) is 6.07 Å². The SMILES string of the molecule is O=C1Cc2ccc(NCC(=O)N3CCN(c4ccc(F)c(Cl)c4)CC3)cc2O1. The molecule has 0 unspecified atom stereocenters. The summed E-state index contributed by atoms with van der Waals surface area (Å²) in [6, 6.07) is 10.1. The van der Waals surface area contributed by atoms with Gasteiger partial charge in [-0.15, -0.1) is 0 Å². The summed E-state index contributed by atoms with van der Waals surface area (Å²) in [7, 11) is 0. The molecule has 0 saturated carbocycles. The van der Waals surface area contributed by atoms with E-state index in [0.717, 1.165) is 16.9 Å². The van der Waals surface area contributed by atoms with Gasteiger partial charge in [0, 0.05) is 49.2 Å². The normalized spacial score (nSPS) is 16.0. The Hall–Kier alpha value is -2.80. The van der Waals surface area contributed by atoms with E-state index in [1.807, 2.05) is 12.1 Å². The molecule has 2 aromatic rings. The van der Waals surface area contributed by atoms with Crippen molar-refractivity contribution in [1.82, 2.24) is 4.90 Å². The van der Waals surface area contributed by atoms with Crippen LogP contribution in [-0.4, -0.2) is 49.5 Å². The van der Waals surface area contributed by atoms with Crippen LogP contribution in [0, 0.1) is 5.82 Å². The van der Waals surface area contributed by atoms with Crippen LogP contribution >= 0.6 is 11.6 Å². The molecule has 2 heterocycles. The maximum atomic E-state index is 13.3. The Labute approximate surface area is 166 Å². The minimum Gasteiger partial charge on any atom is -0.426 e. The molecule has 2 aromatic carbocycles. The molecule has 146 valence electrons. The number of benzene rings is 2. The Morgan fingerprint density at radius 3 is 2.68 bits per heavy atom. The molecule has 0 aromatic heterocycles. The number of piperazine rings is 1. The number of amides is 1. The first-order chi connectivity index (χ1) is 13.5. The van der Waals surface area contributed by atoms with E-state index in [0.29, 0.717) is 31.9 Å². The van der Waals surface area contributed by atoms with Crippen LogP contribution in [0.3, 0.4) is 0 Å². The Morgan fingerprint density at radius 2 is 1.93 bits per heavy atom. The lowest BCUT2D eigenvalue weighted by Gasteiger charge is -2.36. The Kier molecular flexibility index (Phi) is 5.09. The van der Waals surface area contributed by atoms with Crippen LogP contribution in [0.2, 0.25) is 5.02 Å². The Morgan fingerprint density at radius 1 is 1.14 bits per heavy atom. The molecular weight excluding hydrogens is 385 g/mol. The molecule has 0 atom stereocenters. The van der Waals surface area contributed by atoms with Crippen molar-refractivity contribution in [3.63, 3.8) is 0 Å². The van der Waals surface area contributed by atoms with Gasteiger partial charge in [0.05, 0.1) is 18.0 Å². The van der Waals surface area contributed by atoms with E-state index >= 15 is 0 Å². The van der Waals surface area contributed by atoms with Gasteiger partial charge in [0.2, 0.25) is 5.91 Å². The highest BCUT2D eigenvalue weighted by atomic mass is 35.5. The van der Waals surface area contributed by atoms with Crippen molar-refractivity contribution in [2.45, 2.75) is 6.42 Å². The summed E-state index contributed by atoms with van der Waals surface area (Å²) in [5.41, 5.74) is 2.45. The lowest BCUT2D eigenvalue weighted by molar-refractivity contribution is -0.132. The van der Waals surface area contributed by atoms with Gasteiger partial charge in [-0.1, -0.05) is 17.7 Å². The second-order valence-electron chi connectivity index (χ2n) is 6.79. The van der Waals surface area contributed by atoms with Gasteiger partial charge in [-0.25, -0.2) is 4.39 Å². The average molecular weight is 404 g/mol. The van der Waals surface area contributed by atoms with E-state index in [-0.39, 0.29) is 29.9 Å². The van der Waals surface area contributed by atoms with Crippen LogP contribution < -0.4 is 15.0 Å². The summed E-state index contributed by atoms with van der Waals surface area (Å²) in [4.78, 5) is 27.7. The highest BCUT2D eigenvalue weighted by molar-refractivity contribution is 6.31. The highest BCUT2D eigenvalue weighted by Gasteiger charge is 2.23. The third-order valence-corrected chi connectivity index (χ3v) is 5.26. The molecule has 0 spiro atoms. The smallest absolute Gasteiger partial charge is 0.315 e.